The molecule has 3 heterocycles. The summed E-state index contributed by atoms with van der Waals surface area (Å²) < 4.78 is 5.11. The summed E-state index contributed by atoms with van der Waals surface area (Å²) in [7, 11) is 1.78. The molecule has 2 atom stereocenters. The molecule has 0 spiro atoms. The maximum absolute atomic E-state index is 5.11. The monoisotopic (exact) mass is 212 g/mol. The molecule has 2 bridgehead atoms. The van der Waals surface area contributed by atoms with E-state index in [1.165, 1.54) is 32.5 Å². The molecule has 3 aliphatic heterocycles. The quantitative estimate of drug-likeness (QED) is 0.738. The fourth-order valence-electron chi connectivity index (χ4n) is 2.90. The third kappa shape index (κ3) is 2.92. The average molecular weight is 212 g/mol. The van der Waals surface area contributed by atoms with Crippen molar-refractivity contribution in [2.75, 3.05) is 33.4 Å². The van der Waals surface area contributed by atoms with Crippen LogP contribution in [0, 0.1) is 5.92 Å². The maximum atomic E-state index is 5.11. The van der Waals surface area contributed by atoms with E-state index in [0.717, 1.165) is 25.0 Å². The van der Waals surface area contributed by atoms with Gasteiger partial charge in [-0.05, 0) is 45.2 Å². The molecule has 0 amide bonds. The number of methoxy groups -OCH3 is 1. The molecular weight excluding hydrogens is 188 g/mol. The van der Waals surface area contributed by atoms with Crippen LogP contribution in [-0.4, -0.2) is 50.3 Å². The van der Waals surface area contributed by atoms with Crippen molar-refractivity contribution in [1.82, 2.24) is 10.2 Å². The molecule has 3 aliphatic rings. The normalized spacial score (nSPS) is 36.8. The number of fused-ring (bicyclic) bond motifs is 3. The average Bonchev–Trinajstić information content (AvgIpc) is 2.28. The number of hydrogen-bond donors (Lipinski definition) is 1. The summed E-state index contributed by atoms with van der Waals surface area (Å²) in [5, 5.41) is 3.76. The fraction of sp³-hybridized carbons (Fsp3) is 1.00. The van der Waals surface area contributed by atoms with E-state index in [2.05, 4.69) is 17.1 Å². The number of piperidine rings is 3. The van der Waals surface area contributed by atoms with Gasteiger partial charge in [0.2, 0.25) is 0 Å². The zero-order valence-corrected chi connectivity index (χ0v) is 10.0. The van der Waals surface area contributed by atoms with E-state index in [0.29, 0.717) is 6.04 Å². The van der Waals surface area contributed by atoms with Crippen molar-refractivity contribution in [2.24, 2.45) is 5.92 Å². The molecule has 0 saturated carbocycles. The molecule has 0 radical (unpaired) electrons. The molecule has 3 fully saturated rings. The second kappa shape index (κ2) is 5.28. The van der Waals surface area contributed by atoms with E-state index in [9.17, 15) is 0 Å². The first-order valence-corrected chi connectivity index (χ1v) is 6.27. The van der Waals surface area contributed by atoms with Gasteiger partial charge in [-0.3, -0.25) is 0 Å². The van der Waals surface area contributed by atoms with Gasteiger partial charge in [0.1, 0.15) is 0 Å². The highest BCUT2D eigenvalue weighted by molar-refractivity contribution is 4.91. The van der Waals surface area contributed by atoms with Gasteiger partial charge in [0.25, 0.3) is 0 Å². The molecule has 0 aromatic carbocycles. The smallest absolute Gasteiger partial charge is 0.0476 e. The zero-order valence-electron chi connectivity index (χ0n) is 10.0. The van der Waals surface area contributed by atoms with Gasteiger partial charge in [-0.15, -0.1) is 0 Å². The molecule has 0 aromatic rings. The lowest BCUT2D eigenvalue weighted by Gasteiger charge is -2.46. The van der Waals surface area contributed by atoms with Gasteiger partial charge in [0.05, 0.1) is 0 Å². The Labute approximate surface area is 93.2 Å². The van der Waals surface area contributed by atoms with Crippen LogP contribution in [0.2, 0.25) is 0 Å². The third-order valence-electron chi connectivity index (χ3n) is 3.91. The first-order chi connectivity index (χ1) is 7.29. The van der Waals surface area contributed by atoms with Gasteiger partial charge in [-0.2, -0.15) is 0 Å². The molecule has 15 heavy (non-hydrogen) atoms. The van der Waals surface area contributed by atoms with Crippen molar-refractivity contribution >= 4 is 0 Å². The minimum Gasteiger partial charge on any atom is -0.385 e. The molecule has 88 valence electrons. The van der Waals surface area contributed by atoms with Crippen LogP contribution in [0.25, 0.3) is 0 Å². The summed E-state index contributed by atoms with van der Waals surface area (Å²) in [4.78, 5) is 2.60. The predicted molar refractivity (Wildman–Crippen MR) is 62.0 cm³/mol. The van der Waals surface area contributed by atoms with Crippen molar-refractivity contribution in [2.45, 2.75) is 38.3 Å². The zero-order chi connectivity index (χ0) is 10.7. The Hall–Kier alpha value is -0.120. The second-order valence-corrected chi connectivity index (χ2v) is 5.09. The van der Waals surface area contributed by atoms with Gasteiger partial charge in [-0.25, -0.2) is 0 Å². The van der Waals surface area contributed by atoms with Crippen LogP contribution in [0.5, 0.6) is 0 Å². The largest absolute Gasteiger partial charge is 0.385 e. The molecule has 2 unspecified atom stereocenters. The van der Waals surface area contributed by atoms with Crippen molar-refractivity contribution in [1.29, 1.82) is 0 Å². The van der Waals surface area contributed by atoms with Crippen LogP contribution in [0.1, 0.15) is 26.2 Å². The standard InChI is InChI=1S/C12H24N2O/c1-10(5-8-15-2)13-12-9-14-6-3-11(12)4-7-14/h10-13H,3-9H2,1-2H3. The van der Waals surface area contributed by atoms with Crippen LogP contribution in [-0.2, 0) is 4.74 Å². The number of ether oxygens (including phenoxy) is 1. The van der Waals surface area contributed by atoms with Gasteiger partial charge < -0.3 is 15.0 Å². The Morgan fingerprint density at radius 2 is 2.13 bits per heavy atom. The molecule has 3 saturated heterocycles. The van der Waals surface area contributed by atoms with Gasteiger partial charge in [0, 0.05) is 32.3 Å². The van der Waals surface area contributed by atoms with Crippen LogP contribution in [0.3, 0.4) is 0 Å². The molecule has 3 heteroatoms. The second-order valence-electron chi connectivity index (χ2n) is 5.09. The first-order valence-electron chi connectivity index (χ1n) is 6.27. The Bertz CT molecular complexity index is 190. The Balaban J connectivity index is 1.74. The van der Waals surface area contributed by atoms with Crippen LogP contribution in [0.4, 0.5) is 0 Å². The highest BCUT2D eigenvalue weighted by Gasteiger charge is 2.34. The van der Waals surface area contributed by atoms with Crippen LogP contribution in [0.15, 0.2) is 0 Å². The minimum atomic E-state index is 0.593. The summed E-state index contributed by atoms with van der Waals surface area (Å²) in [6, 6.07) is 1.33. The van der Waals surface area contributed by atoms with E-state index in [-0.39, 0.29) is 0 Å². The van der Waals surface area contributed by atoms with E-state index < -0.39 is 0 Å². The van der Waals surface area contributed by atoms with E-state index in [4.69, 9.17) is 4.74 Å². The first kappa shape index (κ1) is 11.4. The summed E-state index contributed by atoms with van der Waals surface area (Å²) in [5.41, 5.74) is 0. The molecular formula is C12H24N2O. The maximum Gasteiger partial charge on any atom is 0.0476 e. The Morgan fingerprint density at radius 3 is 2.67 bits per heavy atom. The summed E-state index contributed by atoms with van der Waals surface area (Å²) in [6.45, 7) is 7.07. The minimum absolute atomic E-state index is 0.593. The lowest BCUT2D eigenvalue weighted by Crippen LogP contribution is -2.57. The molecule has 3 rings (SSSR count). The van der Waals surface area contributed by atoms with Gasteiger partial charge in [-0.1, -0.05) is 0 Å². The van der Waals surface area contributed by atoms with Crippen molar-refractivity contribution in [3.63, 3.8) is 0 Å². The fourth-order valence-corrected chi connectivity index (χ4v) is 2.90. The SMILES string of the molecule is COCCC(C)NC1CN2CCC1CC2. The van der Waals surface area contributed by atoms with Gasteiger partial charge >= 0.3 is 0 Å². The van der Waals surface area contributed by atoms with E-state index in [1.807, 2.05) is 0 Å². The van der Waals surface area contributed by atoms with Gasteiger partial charge in [0.15, 0.2) is 0 Å². The van der Waals surface area contributed by atoms with Crippen LogP contribution < -0.4 is 5.32 Å². The highest BCUT2D eigenvalue weighted by atomic mass is 16.5. The summed E-state index contributed by atoms with van der Waals surface area (Å²) >= 11 is 0. The highest BCUT2D eigenvalue weighted by Crippen LogP contribution is 2.27. The molecule has 3 nitrogen and oxygen atoms in total. The lowest BCUT2D eigenvalue weighted by atomic mass is 9.83. The number of rotatable bonds is 5. The topological polar surface area (TPSA) is 24.5 Å². The van der Waals surface area contributed by atoms with E-state index >= 15 is 0 Å². The van der Waals surface area contributed by atoms with E-state index in [1.54, 1.807) is 7.11 Å². The van der Waals surface area contributed by atoms with Crippen molar-refractivity contribution in [3.8, 4) is 0 Å². The Morgan fingerprint density at radius 1 is 1.40 bits per heavy atom. The van der Waals surface area contributed by atoms with Crippen molar-refractivity contribution in [3.05, 3.63) is 0 Å². The Kier molecular flexibility index (Phi) is 4.00. The predicted octanol–water partition coefficient (Wildman–Crippen LogP) is 1.10. The molecule has 0 aliphatic carbocycles. The van der Waals surface area contributed by atoms with Crippen LogP contribution >= 0.6 is 0 Å². The molecule has 0 aromatic heterocycles. The number of nitrogens with zero attached hydrogens (tertiary/aromatic N) is 1. The number of nitrogens with one attached hydrogen (secondary N) is 1. The lowest BCUT2D eigenvalue weighted by molar-refractivity contribution is 0.0652. The third-order valence-corrected chi connectivity index (χ3v) is 3.91. The molecule has 1 N–H and O–H groups in total. The van der Waals surface area contributed by atoms with Crippen molar-refractivity contribution < 1.29 is 4.74 Å². The summed E-state index contributed by atoms with van der Waals surface area (Å²) in [6.07, 6.45) is 3.92. The number of hydrogen-bond acceptors (Lipinski definition) is 3. The summed E-state index contributed by atoms with van der Waals surface area (Å²) in [5.74, 6) is 0.931.